The molecule has 3 aromatic rings. The molecule has 2 aromatic heterocycles. The number of rotatable bonds is 6. The highest BCUT2D eigenvalue weighted by Gasteiger charge is 2.29. The van der Waals surface area contributed by atoms with Crippen LogP contribution in [0.25, 0.3) is 17.6 Å². The largest absolute Gasteiger partial charge is 0.497 e. The van der Waals surface area contributed by atoms with Crippen molar-refractivity contribution in [3.8, 4) is 23.0 Å². The van der Waals surface area contributed by atoms with Crippen molar-refractivity contribution in [1.82, 2.24) is 24.6 Å². The predicted octanol–water partition coefficient (Wildman–Crippen LogP) is 3.64. The van der Waals surface area contributed by atoms with Gasteiger partial charge in [0.25, 0.3) is 0 Å². The van der Waals surface area contributed by atoms with Gasteiger partial charge in [-0.2, -0.15) is 0 Å². The minimum Gasteiger partial charge on any atom is -0.497 e. The van der Waals surface area contributed by atoms with Crippen LogP contribution >= 0.6 is 11.3 Å². The Balaban J connectivity index is 1.58. The molecule has 4 rings (SSSR count). The van der Waals surface area contributed by atoms with E-state index in [1.807, 2.05) is 17.5 Å². The number of fused-ring (bicyclic) bond motifs is 1. The van der Waals surface area contributed by atoms with Gasteiger partial charge < -0.3 is 14.0 Å². The van der Waals surface area contributed by atoms with Gasteiger partial charge in [-0.25, -0.2) is 4.98 Å². The van der Waals surface area contributed by atoms with Gasteiger partial charge >= 0.3 is 0 Å². The summed E-state index contributed by atoms with van der Waals surface area (Å²) in [4.78, 5) is 6.95. The van der Waals surface area contributed by atoms with Crippen molar-refractivity contribution in [3.05, 3.63) is 46.6 Å². The molecule has 1 atom stereocenters. The van der Waals surface area contributed by atoms with Crippen molar-refractivity contribution in [1.29, 1.82) is 0 Å². The summed E-state index contributed by atoms with van der Waals surface area (Å²) in [5.74, 6) is 3.41. The molecule has 1 aliphatic rings. The van der Waals surface area contributed by atoms with Crippen LogP contribution in [-0.4, -0.2) is 45.4 Å². The summed E-state index contributed by atoms with van der Waals surface area (Å²) in [6.45, 7) is 8.43. The van der Waals surface area contributed by atoms with Crippen LogP contribution in [0.5, 0.6) is 11.5 Å². The van der Waals surface area contributed by atoms with E-state index in [0.29, 0.717) is 0 Å². The quantitative estimate of drug-likeness (QED) is 0.633. The van der Waals surface area contributed by atoms with Crippen LogP contribution < -0.4 is 9.47 Å². The number of aromatic nitrogens is 4. The van der Waals surface area contributed by atoms with E-state index in [4.69, 9.17) is 9.47 Å². The lowest BCUT2D eigenvalue weighted by Crippen LogP contribution is -2.36. The Hall–Kier alpha value is -2.71. The molecule has 146 valence electrons. The zero-order chi connectivity index (χ0) is 19.7. The van der Waals surface area contributed by atoms with Crippen molar-refractivity contribution in [2.45, 2.75) is 26.1 Å². The maximum Gasteiger partial charge on any atom is 0.183 e. The van der Waals surface area contributed by atoms with E-state index < -0.39 is 0 Å². The van der Waals surface area contributed by atoms with Gasteiger partial charge in [-0.3, -0.25) is 4.90 Å². The van der Waals surface area contributed by atoms with Crippen LogP contribution in [0.4, 0.5) is 0 Å². The van der Waals surface area contributed by atoms with Crippen molar-refractivity contribution >= 4 is 17.4 Å². The van der Waals surface area contributed by atoms with Crippen molar-refractivity contribution in [2.24, 2.45) is 0 Å². The third kappa shape index (κ3) is 3.29. The highest BCUT2D eigenvalue weighted by atomic mass is 32.1. The average molecular weight is 398 g/mol. The summed E-state index contributed by atoms with van der Waals surface area (Å²) in [6, 6.07) is 6.08. The maximum atomic E-state index is 5.55. The van der Waals surface area contributed by atoms with Crippen LogP contribution in [0.3, 0.4) is 0 Å². The standard InChI is InChI=1S/C20H23N5O2S/c1-5-18-21-16(12-28-18)20-23-22-19-13(2)24(8-9-25(19)20)11-14-6-7-15(26-3)10-17(14)27-4/h5-7,10,12-13H,1,8-9,11H2,2-4H3/t13-/m1/s1. The number of benzene rings is 1. The monoisotopic (exact) mass is 397 g/mol. The van der Waals surface area contributed by atoms with E-state index in [1.54, 1.807) is 31.6 Å². The second kappa shape index (κ2) is 7.73. The smallest absolute Gasteiger partial charge is 0.183 e. The number of methoxy groups -OCH3 is 2. The SMILES string of the molecule is C=Cc1nc(-c2nnc3n2CCN(Cc2ccc(OC)cc2OC)[C@@H]3C)cs1. The van der Waals surface area contributed by atoms with E-state index in [1.165, 1.54) is 0 Å². The molecule has 0 spiro atoms. The number of nitrogens with zero attached hydrogens (tertiary/aromatic N) is 5. The first-order valence-electron chi connectivity index (χ1n) is 9.11. The summed E-state index contributed by atoms with van der Waals surface area (Å²) in [5.41, 5.74) is 1.98. The Kier molecular flexibility index (Phi) is 5.15. The third-order valence-electron chi connectivity index (χ3n) is 5.10. The lowest BCUT2D eigenvalue weighted by atomic mass is 10.1. The van der Waals surface area contributed by atoms with Gasteiger partial charge in [-0.05, 0) is 19.1 Å². The van der Waals surface area contributed by atoms with Crippen molar-refractivity contribution in [3.63, 3.8) is 0 Å². The van der Waals surface area contributed by atoms with Gasteiger partial charge in [-0.15, -0.1) is 21.5 Å². The van der Waals surface area contributed by atoms with Crippen LogP contribution in [-0.2, 0) is 13.1 Å². The zero-order valence-corrected chi connectivity index (χ0v) is 17.1. The molecule has 0 amide bonds. The molecular formula is C20H23N5O2S. The Bertz CT molecular complexity index is 996. The third-order valence-corrected chi connectivity index (χ3v) is 5.95. The minimum absolute atomic E-state index is 0.138. The molecule has 0 unspecified atom stereocenters. The molecular weight excluding hydrogens is 374 g/mol. The van der Waals surface area contributed by atoms with Gasteiger partial charge in [-0.1, -0.05) is 12.6 Å². The fourth-order valence-electron chi connectivity index (χ4n) is 3.52. The van der Waals surface area contributed by atoms with Gasteiger partial charge in [0, 0.05) is 36.6 Å². The Labute approximate surface area is 168 Å². The summed E-state index contributed by atoms with van der Waals surface area (Å²) in [6.07, 6.45) is 1.76. The first-order chi connectivity index (χ1) is 13.6. The highest BCUT2D eigenvalue weighted by molar-refractivity contribution is 7.10. The van der Waals surface area contributed by atoms with E-state index >= 15 is 0 Å². The van der Waals surface area contributed by atoms with Crippen LogP contribution in [0, 0.1) is 0 Å². The topological polar surface area (TPSA) is 65.3 Å². The van der Waals surface area contributed by atoms with E-state index in [2.05, 4.69) is 44.2 Å². The lowest BCUT2D eigenvalue weighted by Gasteiger charge is -2.33. The fraction of sp³-hybridized carbons (Fsp3) is 0.350. The van der Waals surface area contributed by atoms with Gasteiger partial charge in [0.15, 0.2) is 11.6 Å². The van der Waals surface area contributed by atoms with Gasteiger partial charge in [0.2, 0.25) is 0 Å². The number of thiazole rings is 1. The molecule has 0 aliphatic carbocycles. The molecule has 8 heteroatoms. The molecule has 0 bridgehead atoms. The highest BCUT2D eigenvalue weighted by Crippen LogP contribution is 2.32. The second-order valence-corrected chi connectivity index (χ2v) is 7.52. The summed E-state index contributed by atoms with van der Waals surface area (Å²) in [5, 5.41) is 11.8. The molecule has 1 aromatic carbocycles. The number of hydrogen-bond donors (Lipinski definition) is 0. The first-order valence-corrected chi connectivity index (χ1v) is 9.99. The van der Waals surface area contributed by atoms with Crippen LogP contribution in [0.1, 0.15) is 29.4 Å². The van der Waals surface area contributed by atoms with Gasteiger partial charge in [0.05, 0.1) is 20.3 Å². The summed E-state index contributed by atoms with van der Waals surface area (Å²) < 4.78 is 13.0. The van der Waals surface area contributed by atoms with Crippen molar-refractivity contribution in [2.75, 3.05) is 20.8 Å². The summed E-state index contributed by atoms with van der Waals surface area (Å²) in [7, 11) is 3.35. The normalized spacial score (nSPS) is 16.6. The predicted molar refractivity (Wildman–Crippen MR) is 110 cm³/mol. The van der Waals surface area contributed by atoms with Crippen molar-refractivity contribution < 1.29 is 9.47 Å². The molecule has 0 radical (unpaired) electrons. The molecule has 1 aliphatic heterocycles. The number of ether oxygens (including phenoxy) is 2. The first kappa shape index (κ1) is 18.6. The molecule has 0 fully saturated rings. The summed E-state index contributed by atoms with van der Waals surface area (Å²) >= 11 is 1.56. The molecule has 3 heterocycles. The Morgan fingerprint density at radius 1 is 1.25 bits per heavy atom. The van der Waals surface area contributed by atoms with Crippen LogP contribution in [0.15, 0.2) is 30.2 Å². The number of hydrogen-bond acceptors (Lipinski definition) is 7. The Morgan fingerprint density at radius 2 is 2.11 bits per heavy atom. The van der Waals surface area contributed by atoms with E-state index in [-0.39, 0.29) is 6.04 Å². The molecule has 7 nitrogen and oxygen atoms in total. The average Bonchev–Trinajstić information content (AvgIpc) is 3.37. The second-order valence-electron chi connectivity index (χ2n) is 6.63. The molecule has 0 saturated carbocycles. The minimum atomic E-state index is 0.138. The zero-order valence-electron chi connectivity index (χ0n) is 16.3. The maximum absolute atomic E-state index is 5.55. The lowest BCUT2D eigenvalue weighted by molar-refractivity contribution is 0.155. The fourth-order valence-corrected chi connectivity index (χ4v) is 4.16. The Morgan fingerprint density at radius 3 is 2.82 bits per heavy atom. The van der Waals surface area contributed by atoms with E-state index in [9.17, 15) is 0 Å². The van der Waals surface area contributed by atoms with E-state index in [0.717, 1.165) is 59.0 Å². The molecule has 28 heavy (non-hydrogen) atoms. The van der Waals surface area contributed by atoms with Gasteiger partial charge in [0.1, 0.15) is 22.2 Å². The molecule has 0 N–H and O–H groups in total. The molecule has 0 saturated heterocycles. The van der Waals surface area contributed by atoms with Crippen LogP contribution in [0.2, 0.25) is 0 Å².